The van der Waals surface area contributed by atoms with Crippen molar-refractivity contribution in [3.8, 4) is 5.75 Å². The van der Waals surface area contributed by atoms with E-state index in [4.69, 9.17) is 9.84 Å². The first-order valence-electron chi connectivity index (χ1n) is 8.44. The van der Waals surface area contributed by atoms with E-state index in [2.05, 4.69) is 11.4 Å². The highest BCUT2D eigenvalue weighted by Gasteiger charge is 2.21. The fourth-order valence-electron chi connectivity index (χ4n) is 3.03. The average molecular weight is 339 g/mol. The molecule has 1 amide bonds. The maximum Gasteiger partial charge on any atom is 0.335 e. The summed E-state index contributed by atoms with van der Waals surface area (Å²) < 4.78 is 5.64. The Morgan fingerprint density at radius 2 is 1.88 bits per heavy atom. The maximum atomic E-state index is 12.1. The summed E-state index contributed by atoms with van der Waals surface area (Å²) in [5, 5.41) is 11.9. The molecule has 130 valence electrons. The van der Waals surface area contributed by atoms with Gasteiger partial charge >= 0.3 is 5.97 Å². The Kier molecular flexibility index (Phi) is 5.33. The molecule has 2 aromatic rings. The summed E-state index contributed by atoms with van der Waals surface area (Å²) >= 11 is 0. The number of ether oxygens (including phenoxy) is 1. The minimum absolute atomic E-state index is 0.00582. The third-order valence-electron chi connectivity index (χ3n) is 4.47. The second-order valence-corrected chi connectivity index (χ2v) is 6.18. The van der Waals surface area contributed by atoms with Gasteiger partial charge in [0, 0.05) is 18.9 Å². The molecule has 0 aromatic heterocycles. The van der Waals surface area contributed by atoms with E-state index in [1.807, 2.05) is 18.2 Å². The lowest BCUT2D eigenvalue weighted by atomic mass is 9.93. The number of carbonyl (C=O) groups is 2. The number of aryl methyl sites for hydroxylation is 1. The standard InChI is InChI=1S/C20H21NO4/c22-19(10-7-14-5-8-15(9-6-14)20(23)24)21-13-16-11-12-25-18-4-2-1-3-17(16)18/h1-6,8-9,16H,7,10-13H2,(H,21,22)(H,23,24)/t16-/m0/s1. The molecule has 2 aromatic carbocycles. The number of benzene rings is 2. The molecule has 1 aliphatic rings. The van der Waals surface area contributed by atoms with Gasteiger partial charge in [0.25, 0.3) is 0 Å². The molecule has 0 unspecified atom stereocenters. The fraction of sp³-hybridized carbons (Fsp3) is 0.300. The largest absolute Gasteiger partial charge is 0.493 e. The normalized spacial score (nSPS) is 15.8. The third kappa shape index (κ3) is 4.38. The van der Waals surface area contributed by atoms with Crippen molar-refractivity contribution in [1.82, 2.24) is 5.32 Å². The van der Waals surface area contributed by atoms with E-state index < -0.39 is 5.97 Å². The molecule has 0 radical (unpaired) electrons. The third-order valence-corrected chi connectivity index (χ3v) is 4.47. The van der Waals surface area contributed by atoms with Crippen LogP contribution < -0.4 is 10.1 Å². The number of hydrogen-bond acceptors (Lipinski definition) is 3. The lowest BCUT2D eigenvalue weighted by Crippen LogP contribution is -2.30. The van der Waals surface area contributed by atoms with Gasteiger partial charge in [-0.15, -0.1) is 0 Å². The Morgan fingerprint density at radius 3 is 2.64 bits per heavy atom. The van der Waals surface area contributed by atoms with Gasteiger partial charge < -0.3 is 15.2 Å². The van der Waals surface area contributed by atoms with Crippen LogP contribution in [0.3, 0.4) is 0 Å². The molecule has 0 fully saturated rings. The molecule has 5 nitrogen and oxygen atoms in total. The zero-order valence-corrected chi connectivity index (χ0v) is 13.9. The van der Waals surface area contributed by atoms with Crippen molar-refractivity contribution in [3.05, 3.63) is 65.2 Å². The summed E-state index contributed by atoms with van der Waals surface area (Å²) in [5.41, 5.74) is 2.36. The summed E-state index contributed by atoms with van der Waals surface area (Å²) in [6.45, 7) is 1.28. The molecule has 1 aliphatic heterocycles. The number of hydrogen-bond donors (Lipinski definition) is 2. The highest BCUT2D eigenvalue weighted by molar-refractivity contribution is 5.87. The van der Waals surface area contributed by atoms with Crippen LogP contribution in [0.4, 0.5) is 0 Å². The molecule has 0 saturated heterocycles. The lowest BCUT2D eigenvalue weighted by Gasteiger charge is -2.26. The van der Waals surface area contributed by atoms with Crippen molar-refractivity contribution in [2.75, 3.05) is 13.2 Å². The van der Waals surface area contributed by atoms with Gasteiger partial charge in [0.2, 0.25) is 5.91 Å². The number of para-hydroxylation sites is 1. The van der Waals surface area contributed by atoms with Gasteiger partial charge in [0.15, 0.2) is 0 Å². The molecule has 0 saturated carbocycles. The minimum atomic E-state index is -0.943. The lowest BCUT2D eigenvalue weighted by molar-refractivity contribution is -0.121. The van der Waals surface area contributed by atoms with E-state index >= 15 is 0 Å². The van der Waals surface area contributed by atoms with Crippen LogP contribution in [-0.4, -0.2) is 30.1 Å². The molecule has 0 aliphatic carbocycles. The predicted octanol–water partition coefficient (Wildman–Crippen LogP) is 3.00. The van der Waals surface area contributed by atoms with Gasteiger partial charge in [-0.1, -0.05) is 30.3 Å². The second-order valence-electron chi connectivity index (χ2n) is 6.18. The monoisotopic (exact) mass is 339 g/mol. The topological polar surface area (TPSA) is 75.6 Å². The quantitative estimate of drug-likeness (QED) is 0.848. The van der Waals surface area contributed by atoms with Crippen molar-refractivity contribution in [1.29, 1.82) is 0 Å². The first kappa shape index (κ1) is 17.0. The number of fused-ring (bicyclic) bond motifs is 1. The van der Waals surface area contributed by atoms with Crippen molar-refractivity contribution < 1.29 is 19.4 Å². The maximum absolute atomic E-state index is 12.1. The fourth-order valence-corrected chi connectivity index (χ4v) is 3.03. The highest BCUT2D eigenvalue weighted by atomic mass is 16.5. The first-order valence-corrected chi connectivity index (χ1v) is 8.44. The Morgan fingerprint density at radius 1 is 1.12 bits per heavy atom. The molecular formula is C20H21NO4. The summed E-state index contributed by atoms with van der Waals surface area (Å²) in [5.74, 6) is 0.252. The Bertz CT molecular complexity index is 755. The molecule has 3 rings (SSSR count). The van der Waals surface area contributed by atoms with E-state index in [1.54, 1.807) is 24.3 Å². The van der Waals surface area contributed by atoms with E-state index in [1.165, 1.54) is 0 Å². The van der Waals surface area contributed by atoms with Gasteiger partial charge in [0.05, 0.1) is 12.2 Å². The van der Waals surface area contributed by atoms with Crippen LogP contribution in [0.1, 0.15) is 40.2 Å². The summed E-state index contributed by atoms with van der Waals surface area (Å²) in [6, 6.07) is 14.6. The van der Waals surface area contributed by atoms with Crippen LogP contribution in [0.2, 0.25) is 0 Å². The van der Waals surface area contributed by atoms with Crippen LogP contribution in [0, 0.1) is 0 Å². The molecule has 25 heavy (non-hydrogen) atoms. The second kappa shape index (κ2) is 7.83. The number of aromatic carboxylic acids is 1. The highest BCUT2D eigenvalue weighted by Crippen LogP contribution is 2.32. The van der Waals surface area contributed by atoms with Gasteiger partial charge in [-0.3, -0.25) is 4.79 Å². The number of carboxylic acid groups (broad SMARTS) is 1. The van der Waals surface area contributed by atoms with Crippen LogP contribution in [0.15, 0.2) is 48.5 Å². The smallest absolute Gasteiger partial charge is 0.335 e. The molecule has 1 heterocycles. The van der Waals surface area contributed by atoms with Crippen molar-refractivity contribution in [2.45, 2.75) is 25.2 Å². The van der Waals surface area contributed by atoms with Crippen LogP contribution in [0.25, 0.3) is 0 Å². The molecule has 0 spiro atoms. The van der Waals surface area contributed by atoms with Crippen LogP contribution in [0.5, 0.6) is 5.75 Å². The average Bonchev–Trinajstić information content (AvgIpc) is 2.65. The van der Waals surface area contributed by atoms with Gasteiger partial charge in [-0.05, 0) is 42.2 Å². The zero-order valence-electron chi connectivity index (χ0n) is 13.9. The van der Waals surface area contributed by atoms with E-state index in [0.29, 0.717) is 26.0 Å². The van der Waals surface area contributed by atoms with E-state index in [9.17, 15) is 9.59 Å². The molecule has 5 heteroatoms. The summed E-state index contributed by atoms with van der Waals surface area (Å²) in [4.78, 5) is 22.9. The molecule has 2 N–H and O–H groups in total. The SMILES string of the molecule is O=C(CCc1ccc(C(=O)O)cc1)NC[C@@H]1CCOc2ccccc21. The zero-order chi connectivity index (χ0) is 17.6. The molecule has 0 bridgehead atoms. The van der Waals surface area contributed by atoms with Crippen LogP contribution >= 0.6 is 0 Å². The van der Waals surface area contributed by atoms with Crippen molar-refractivity contribution in [2.24, 2.45) is 0 Å². The predicted molar refractivity (Wildman–Crippen MR) is 94.0 cm³/mol. The number of rotatable bonds is 6. The van der Waals surface area contributed by atoms with Crippen molar-refractivity contribution >= 4 is 11.9 Å². The summed E-state index contributed by atoms with van der Waals surface area (Å²) in [6.07, 6.45) is 1.88. The number of carboxylic acids is 1. The molecular weight excluding hydrogens is 318 g/mol. The number of nitrogens with one attached hydrogen (secondary N) is 1. The Balaban J connectivity index is 1.48. The van der Waals surface area contributed by atoms with E-state index in [-0.39, 0.29) is 17.4 Å². The van der Waals surface area contributed by atoms with Crippen LogP contribution in [-0.2, 0) is 11.2 Å². The first-order chi connectivity index (χ1) is 12.1. The molecule has 1 atom stereocenters. The Labute approximate surface area is 146 Å². The minimum Gasteiger partial charge on any atom is -0.493 e. The number of carbonyl (C=O) groups excluding carboxylic acids is 1. The van der Waals surface area contributed by atoms with Crippen molar-refractivity contribution in [3.63, 3.8) is 0 Å². The number of amides is 1. The van der Waals surface area contributed by atoms with Gasteiger partial charge in [-0.2, -0.15) is 0 Å². The Hall–Kier alpha value is -2.82. The van der Waals surface area contributed by atoms with Gasteiger partial charge in [0.1, 0.15) is 5.75 Å². The van der Waals surface area contributed by atoms with E-state index in [0.717, 1.165) is 23.3 Å². The summed E-state index contributed by atoms with van der Waals surface area (Å²) in [7, 11) is 0. The van der Waals surface area contributed by atoms with Gasteiger partial charge in [-0.25, -0.2) is 4.79 Å².